The van der Waals surface area contributed by atoms with Crippen molar-refractivity contribution in [3.05, 3.63) is 12.2 Å². The summed E-state index contributed by atoms with van der Waals surface area (Å²) in [5.74, 6) is 2.67. The van der Waals surface area contributed by atoms with Crippen LogP contribution in [0.5, 0.6) is 0 Å². The summed E-state index contributed by atoms with van der Waals surface area (Å²) in [4.78, 5) is 0. The molecule has 0 aromatic carbocycles. The Labute approximate surface area is 75.2 Å². The zero-order valence-corrected chi connectivity index (χ0v) is 7.72. The third-order valence-corrected chi connectivity index (χ3v) is 2.18. The van der Waals surface area contributed by atoms with Crippen molar-refractivity contribution in [3.63, 3.8) is 0 Å². The van der Waals surface area contributed by atoms with Gasteiger partial charge >= 0.3 is 0 Å². The maximum Gasteiger partial charge on any atom is 0.0252 e. The molecule has 0 saturated heterocycles. The van der Waals surface area contributed by atoms with Crippen LogP contribution in [-0.2, 0) is 0 Å². The van der Waals surface area contributed by atoms with Crippen molar-refractivity contribution in [2.75, 3.05) is 0 Å². The van der Waals surface area contributed by atoms with Crippen LogP contribution < -0.4 is 5.32 Å². The van der Waals surface area contributed by atoms with Gasteiger partial charge in [0.25, 0.3) is 0 Å². The molecule has 12 heavy (non-hydrogen) atoms. The average Bonchev–Trinajstić information content (AvgIpc) is 2.06. The van der Waals surface area contributed by atoms with Gasteiger partial charge in [-0.05, 0) is 26.2 Å². The Morgan fingerprint density at radius 3 is 3.17 bits per heavy atom. The molecule has 1 heteroatoms. The zero-order chi connectivity index (χ0) is 8.81. The SMILES string of the molecule is C#CCC(C)NC1C=CCCC1. The van der Waals surface area contributed by atoms with Crippen LogP contribution in [0.2, 0.25) is 0 Å². The highest BCUT2D eigenvalue weighted by Crippen LogP contribution is 2.10. The first-order chi connectivity index (χ1) is 5.83. The van der Waals surface area contributed by atoms with E-state index in [1.54, 1.807) is 0 Å². The Balaban J connectivity index is 2.25. The molecule has 0 fully saturated rings. The topological polar surface area (TPSA) is 12.0 Å². The molecule has 1 N–H and O–H groups in total. The van der Waals surface area contributed by atoms with Gasteiger partial charge in [0.15, 0.2) is 0 Å². The van der Waals surface area contributed by atoms with E-state index in [4.69, 9.17) is 6.42 Å². The lowest BCUT2D eigenvalue weighted by molar-refractivity contribution is 0.462. The molecule has 1 rings (SSSR count). The highest BCUT2D eigenvalue weighted by molar-refractivity contribution is 4.99. The molecule has 0 heterocycles. The van der Waals surface area contributed by atoms with Gasteiger partial charge in [0, 0.05) is 18.5 Å². The smallest absolute Gasteiger partial charge is 0.0252 e. The van der Waals surface area contributed by atoms with Gasteiger partial charge in [-0.1, -0.05) is 12.2 Å². The van der Waals surface area contributed by atoms with Crippen molar-refractivity contribution in [3.8, 4) is 12.3 Å². The van der Waals surface area contributed by atoms with Gasteiger partial charge in [-0.25, -0.2) is 0 Å². The van der Waals surface area contributed by atoms with Crippen molar-refractivity contribution < 1.29 is 0 Å². The minimum absolute atomic E-state index is 0.447. The van der Waals surface area contributed by atoms with E-state index in [-0.39, 0.29) is 0 Å². The summed E-state index contributed by atoms with van der Waals surface area (Å²) < 4.78 is 0. The van der Waals surface area contributed by atoms with Crippen LogP contribution in [0.25, 0.3) is 0 Å². The monoisotopic (exact) mass is 163 g/mol. The number of allylic oxidation sites excluding steroid dienone is 1. The average molecular weight is 163 g/mol. The fourth-order valence-electron chi connectivity index (χ4n) is 1.55. The predicted octanol–water partition coefficient (Wildman–Crippen LogP) is 2.10. The Kier molecular flexibility index (Phi) is 3.90. The van der Waals surface area contributed by atoms with Crippen molar-refractivity contribution in [1.29, 1.82) is 0 Å². The maximum absolute atomic E-state index is 5.23. The summed E-state index contributed by atoms with van der Waals surface area (Å²) in [6, 6.07) is 1.00. The first kappa shape index (κ1) is 9.35. The highest BCUT2D eigenvalue weighted by atomic mass is 14.9. The zero-order valence-electron chi connectivity index (χ0n) is 7.72. The van der Waals surface area contributed by atoms with Crippen molar-refractivity contribution >= 4 is 0 Å². The van der Waals surface area contributed by atoms with Crippen LogP contribution in [0.15, 0.2) is 12.2 Å². The minimum Gasteiger partial charge on any atom is -0.307 e. The normalized spacial score (nSPS) is 24.8. The quantitative estimate of drug-likeness (QED) is 0.496. The van der Waals surface area contributed by atoms with E-state index in [2.05, 4.69) is 30.3 Å². The van der Waals surface area contributed by atoms with E-state index < -0.39 is 0 Å². The van der Waals surface area contributed by atoms with E-state index in [1.165, 1.54) is 19.3 Å². The molecular formula is C11H17N. The van der Waals surface area contributed by atoms with Crippen molar-refractivity contribution in [2.24, 2.45) is 0 Å². The Morgan fingerprint density at radius 2 is 2.58 bits per heavy atom. The molecule has 1 nitrogen and oxygen atoms in total. The van der Waals surface area contributed by atoms with Gasteiger partial charge in [-0.2, -0.15) is 0 Å². The van der Waals surface area contributed by atoms with E-state index in [9.17, 15) is 0 Å². The third-order valence-electron chi connectivity index (χ3n) is 2.18. The summed E-state index contributed by atoms with van der Waals surface area (Å²) in [5, 5.41) is 3.49. The fourth-order valence-corrected chi connectivity index (χ4v) is 1.55. The van der Waals surface area contributed by atoms with Gasteiger partial charge in [0.1, 0.15) is 0 Å². The lowest BCUT2D eigenvalue weighted by Gasteiger charge is -2.21. The van der Waals surface area contributed by atoms with Crippen LogP contribution in [0, 0.1) is 12.3 Å². The first-order valence-electron chi connectivity index (χ1n) is 4.69. The second kappa shape index (κ2) is 5.00. The molecule has 1 aliphatic carbocycles. The van der Waals surface area contributed by atoms with Gasteiger partial charge in [0.05, 0.1) is 0 Å². The summed E-state index contributed by atoms with van der Waals surface area (Å²) >= 11 is 0. The molecule has 0 aliphatic heterocycles. The predicted molar refractivity (Wildman–Crippen MR) is 52.8 cm³/mol. The van der Waals surface area contributed by atoms with Crippen molar-refractivity contribution in [2.45, 2.75) is 44.7 Å². The number of rotatable bonds is 3. The number of nitrogens with one attached hydrogen (secondary N) is 1. The molecule has 0 bridgehead atoms. The minimum atomic E-state index is 0.447. The van der Waals surface area contributed by atoms with Gasteiger partial charge in [-0.15, -0.1) is 12.3 Å². The molecule has 66 valence electrons. The van der Waals surface area contributed by atoms with Crippen LogP contribution in [0.4, 0.5) is 0 Å². The molecule has 0 aromatic heterocycles. The summed E-state index contributed by atoms with van der Waals surface area (Å²) in [5.41, 5.74) is 0. The summed E-state index contributed by atoms with van der Waals surface area (Å²) in [6.45, 7) is 2.14. The van der Waals surface area contributed by atoms with E-state index in [0.29, 0.717) is 12.1 Å². The van der Waals surface area contributed by atoms with Crippen LogP contribution >= 0.6 is 0 Å². The lowest BCUT2D eigenvalue weighted by atomic mass is 10.0. The van der Waals surface area contributed by atoms with Crippen molar-refractivity contribution in [1.82, 2.24) is 5.32 Å². The Hall–Kier alpha value is -0.740. The molecule has 2 unspecified atom stereocenters. The largest absolute Gasteiger partial charge is 0.307 e. The van der Waals surface area contributed by atoms with E-state index in [0.717, 1.165) is 6.42 Å². The maximum atomic E-state index is 5.23. The highest BCUT2D eigenvalue weighted by Gasteiger charge is 2.09. The fraction of sp³-hybridized carbons (Fsp3) is 0.636. The van der Waals surface area contributed by atoms with E-state index >= 15 is 0 Å². The molecule has 0 aromatic rings. The van der Waals surface area contributed by atoms with E-state index in [1.807, 2.05) is 0 Å². The Morgan fingerprint density at radius 1 is 1.75 bits per heavy atom. The molecular weight excluding hydrogens is 146 g/mol. The van der Waals surface area contributed by atoms with Gasteiger partial charge < -0.3 is 5.32 Å². The summed E-state index contributed by atoms with van der Waals surface area (Å²) in [6.07, 6.45) is 14.4. The van der Waals surface area contributed by atoms with Gasteiger partial charge in [-0.3, -0.25) is 0 Å². The van der Waals surface area contributed by atoms with Crippen LogP contribution in [0.3, 0.4) is 0 Å². The third kappa shape index (κ3) is 3.11. The number of hydrogen-bond donors (Lipinski definition) is 1. The molecule has 1 aliphatic rings. The second-order valence-corrected chi connectivity index (χ2v) is 3.44. The number of terminal acetylenes is 1. The van der Waals surface area contributed by atoms with Gasteiger partial charge in [0.2, 0.25) is 0 Å². The molecule has 0 amide bonds. The second-order valence-electron chi connectivity index (χ2n) is 3.44. The number of hydrogen-bond acceptors (Lipinski definition) is 1. The molecule has 0 spiro atoms. The molecule has 2 atom stereocenters. The molecule has 0 radical (unpaired) electrons. The first-order valence-corrected chi connectivity index (χ1v) is 4.69. The lowest BCUT2D eigenvalue weighted by Crippen LogP contribution is -2.35. The molecule has 0 saturated carbocycles. The van der Waals surface area contributed by atoms with Crippen LogP contribution in [-0.4, -0.2) is 12.1 Å². The van der Waals surface area contributed by atoms with Crippen LogP contribution in [0.1, 0.15) is 32.6 Å². The summed E-state index contributed by atoms with van der Waals surface area (Å²) in [7, 11) is 0. The Bertz CT molecular complexity index is 188. The standard InChI is InChI=1S/C11H17N/c1-3-7-10(2)12-11-8-5-4-6-9-11/h1,5,8,10-12H,4,6-7,9H2,2H3.